The van der Waals surface area contributed by atoms with E-state index in [0.29, 0.717) is 23.2 Å². The van der Waals surface area contributed by atoms with E-state index in [2.05, 4.69) is 10.3 Å². The molecule has 3 heterocycles. The molecule has 0 bridgehead atoms. The minimum Gasteiger partial charge on any atom is -0.355 e. The van der Waals surface area contributed by atoms with Gasteiger partial charge in [0.25, 0.3) is 11.5 Å². The highest BCUT2D eigenvalue weighted by molar-refractivity contribution is 5.96. The molecule has 0 saturated heterocycles. The Labute approximate surface area is 131 Å². The van der Waals surface area contributed by atoms with Crippen molar-refractivity contribution >= 4 is 22.6 Å². The first-order valence-corrected chi connectivity index (χ1v) is 7.31. The topological polar surface area (TPSA) is 92.2 Å². The number of hydrogen-bond acceptors (Lipinski definition) is 4. The first-order valence-electron chi connectivity index (χ1n) is 7.31. The molecule has 3 aromatic rings. The molecular weight excluding hydrogens is 294 g/mol. The van der Waals surface area contributed by atoms with E-state index >= 15 is 0 Å². The van der Waals surface area contributed by atoms with Gasteiger partial charge >= 0.3 is 0 Å². The molecule has 0 aliphatic heterocycles. The number of aromatic nitrogens is 3. The third-order valence-electron chi connectivity index (χ3n) is 3.92. The summed E-state index contributed by atoms with van der Waals surface area (Å²) in [4.78, 5) is 29.4. The van der Waals surface area contributed by atoms with Gasteiger partial charge in [0.05, 0.1) is 10.9 Å². The van der Waals surface area contributed by atoms with Crippen molar-refractivity contribution in [3.63, 3.8) is 0 Å². The summed E-state index contributed by atoms with van der Waals surface area (Å²) in [6, 6.07) is 5.11. The van der Waals surface area contributed by atoms with Gasteiger partial charge in [-0.3, -0.25) is 19.4 Å². The highest BCUT2D eigenvalue weighted by atomic mass is 16.1. The number of amides is 1. The Morgan fingerprint density at radius 2 is 2.13 bits per heavy atom. The summed E-state index contributed by atoms with van der Waals surface area (Å²) in [5, 5.41) is 11.1. The standard InChI is InChI=1S/C16H17N5O2/c1-4-20-12(17)10(15(22)18-3)8-11-14(20)19-13-9(2)6-5-7-21(13)16(11)23/h5-8,17H,4H2,1-3H3,(H,18,22). The van der Waals surface area contributed by atoms with Gasteiger partial charge in [0, 0.05) is 19.8 Å². The van der Waals surface area contributed by atoms with Crippen LogP contribution in [0.15, 0.2) is 29.2 Å². The number of carbonyl (C=O) groups is 1. The maximum absolute atomic E-state index is 12.8. The lowest BCUT2D eigenvalue weighted by atomic mass is 10.2. The fourth-order valence-electron chi connectivity index (χ4n) is 2.71. The second-order valence-electron chi connectivity index (χ2n) is 5.27. The van der Waals surface area contributed by atoms with E-state index in [1.54, 1.807) is 16.8 Å². The van der Waals surface area contributed by atoms with E-state index in [0.717, 1.165) is 5.56 Å². The number of pyridine rings is 2. The second-order valence-corrected chi connectivity index (χ2v) is 5.27. The van der Waals surface area contributed by atoms with Gasteiger partial charge in [-0.15, -0.1) is 0 Å². The number of rotatable bonds is 2. The smallest absolute Gasteiger partial charge is 0.267 e. The third kappa shape index (κ3) is 2.12. The molecule has 0 fully saturated rings. The molecule has 0 aliphatic rings. The summed E-state index contributed by atoms with van der Waals surface area (Å²) < 4.78 is 3.04. The van der Waals surface area contributed by atoms with Crippen LogP contribution in [-0.4, -0.2) is 26.9 Å². The quantitative estimate of drug-likeness (QED) is 0.686. The summed E-state index contributed by atoms with van der Waals surface area (Å²) >= 11 is 0. The molecule has 2 N–H and O–H groups in total. The van der Waals surface area contributed by atoms with Gasteiger partial charge in [-0.1, -0.05) is 6.07 Å². The van der Waals surface area contributed by atoms with E-state index in [4.69, 9.17) is 5.41 Å². The first kappa shape index (κ1) is 15.0. The van der Waals surface area contributed by atoms with E-state index in [1.165, 1.54) is 17.5 Å². The number of nitrogens with zero attached hydrogens (tertiary/aromatic N) is 3. The zero-order chi connectivity index (χ0) is 16.7. The largest absolute Gasteiger partial charge is 0.355 e. The second kappa shape index (κ2) is 5.35. The highest BCUT2D eigenvalue weighted by Gasteiger charge is 2.16. The lowest BCUT2D eigenvalue weighted by Crippen LogP contribution is -2.33. The molecule has 118 valence electrons. The van der Waals surface area contributed by atoms with E-state index in [9.17, 15) is 9.59 Å². The van der Waals surface area contributed by atoms with Crippen LogP contribution in [-0.2, 0) is 6.54 Å². The number of hydrogen-bond donors (Lipinski definition) is 2. The van der Waals surface area contributed by atoms with Crippen LogP contribution in [0.1, 0.15) is 22.8 Å². The van der Waals surface area contributed by atoms with Crippen LogP contribution in [0.4, 0.5) is 0 Å². The van der Waals surface area contributed by atoms with Crippen molar-refractivity contribution in [1.82, 2.24) is 19.3 Å². The van der Waals surface area contributed by atoms with E-state index in [1.807, 2.05) is 19.9 Å². The van der Waals surface area contributed by atoms with Gasteiger partial charge in [0.1, 0.15) is 16.8 Å². The summed E-state index contributed by atoms with van der Waals surface area (Å²) in [5.41, 5.74) is 1.80. The van der Waals surface area contributed by atoms with Crippen LogP contribution in [0.3, 0.4) is 0 Å². The Bertz CT molecular complexity index is 1060. The van der Waals surface area contributed by atoms with Gasteiger partial charge in [0.2, 0.25) is 0 Å². The molecule has 7 nitrogen and oxygen atoms in total. The van der Waals surface area contributed by atoms with E-state index < -0.39 is 5.91 Å². The Morgan fingerprint density at radius 1 is 1.39 bits per heavy atom. The lowest BCUT2D eigenvalue weighted by molar-refractivity contribution is 0.0960. The average molecular weight is 311 g/mol. The molecule has 3 rings (SSSR count). The van der Waals surface area contributed by atoms with Crippen molar-refractivity contribution in [2.45, 2.75) is 20.4 Å². The molecular formula is C16H17N5O2. The minimum atomic E-state index is -0.396. The Hall–Kier alpha value is -2.96. The van der Waals surface area contributed by atoms with Crippen molar-refractivity contribution in [3.05, 3.63) is 51.4 Å². The van der Waals surface area contributed by atoms with Crippen LogP contribution in [0.5, 0.6) is 0 Å². The number of aryl methyl sites for hydroxylation is 2. The predicted molar refractivity (Wildman–Crippen MR) is 86.6 cm³/mol. The van der Waals surface area contributed by atoms with Crippen LogP contribution in [0.25, 0.3) is 16.7 Å². The highest BCUT2D eigenvalue weighted by Crippen LogP contribution is 2.12. The van der Waals surface area contributed by atoms with Crippen molar-refractivity contribution in [2.75, 3.05) is 7.05 Å². The normalized spacial score (nSPS) is 11.1. The molecule has 0 atom stereocenters. The van der Waals surface area contributed by atoms with Crippen molar-refractivity contribution in [1.29, 1.82) is 5.41 Å². The summed E-state index contributed by atoms with van der Waals surface area (Å²) in [7, 11) is 1.50. The number of fused-ring (bicyclic) bond motifs is 2. The van der Waals surface area contributed by atoms with Gasteiger partial charge in [0.15, 0.2) is 0 Å². The Morgan fingerprint density at radius 3 is 2.78 bits per heavy atom. The van der Waals surface area contributed by atoms with Crippen molar-refractivity contribution in [2.24, 2.45) is 0 Å². The Balaban J connectivity index is 2.59. The fraction of sp³-hybridized carbons (Fsp3) is 0.250. The molecule has 0 radical (unpaired) electrons. The molecule has 1 amide bonds. The predicted octanol–water partition coefficient (Wildman–Crippen LogP) is 0.817. The van der Waals surface area contributed by atoms with Crippen LogP contribution < -0.4 is 16.4 Å². The molecule has 0 saturated carbocycles. The van der Waals surface area contributed by atoms with Crippen LogP contribution in [0.2, 0.25) is 0 Å². The molecule has 0 unspecified atom stereocenters. The zero-order valence-electron chi connectivity index (χ0n) is 13.2. The monoisotopic (exact) mass is 311 g/mol. The summed E-state index contributed by atoms with van der Waals surface area (Å²) in [6.07, 6.45) is 1.65. The van der Waals surface area contributed by atoms with Crippen LogP contribution in [0, 0.1) is 12.3 Å². The van der Waals surface area contributed by atoms with Crippen molar-refractivity contribution < 1.29 is 4.79 Å². The summed E-state index contributed by atoms with van der Waals surface area (Å²) in [5.74, 6) is -0.396. The SMILES string of the molecule is CCn1c(=N)c(C(=O)NC)cc2c(=O)n3cccc(C)c3nc21. The molecule has 0 spiro atoms. The minimum absolute atomic E-state index is 0.0455. The van der Waals surface area contributed by atoms with Gasteiger partial charge in [-0.25, -0.2) is 4.98 Å². The Kier molecular flexibility index (Phi) is 3.48. The van der Waals surface area contributed by atoms with Gasteiger partial charge in [-0.05, 0) is 31.5 Å². The summed E-state index contributed by atoms with van der Waals surface area (Å²) in [6.45, 7) is 4.17. The average Bonchev–Trinajstić information content (AvgIpc) is 2.55. The lowest BCUT2D eigenvalue weighted by Gasteiger charge is -2.13. The number of nitrogens with one attached hydrogen (secondary N) is 2. The van der Waals surface area contributed by atoms with Crippen molar-refractivity contribution in [3.8, 4) is 0 Å². The first-order chi connectivity index (χ1) is 11.0. The zero-order valence-corrected chi connectivity index (χ0v) is 13.2. The molecule has 3 aromatic heterocycles. The molecule has 23 heavy (non-hydrogen) atoms. The molecule has 0 aromatic carbocycles. The molecule has 0 aliphatic carbocycles. The third-order valence-corrected chi connectivity index (χ3v) is 3.92. The number of carbonyl (C=O) groups excluding carboxylic acids is 1. The fourth-order valence-corrected chi connectivity index (χ4v) is 2.71. The maximum Gasteiger partial charge on any atom is 0.267 e. The maximum atomic E-state index is 12.8. The molecule has 7 heteroatoms. The van der Waals surface area contributed by atoms with Gasteiger partial charge < -0.3 is 9.88 Å². The van der Waals surface area contributed by atoms with E-state index in [-0.39, 0.29) is 16.6 Å². The van der Waals surface area contributed by atoms with Gasteiger partial charge in [-0.2, -0.15) is 0 Å². The van der Waals surface area contributed by atoms with Crippen LogP contribution >= 0.6 is 0 Å².